The summed E-state index contributed by atoms with van der Waals surface area (Å²) in [6.07, 6.45) is 4.27. The van der Waals surface area contributed by atoms with E-state index in [-0.39, 0.29) is 18.0 Å². The van der Waals surface area contributed by atoms with Crippen molar-refractivity contribution in [3.8, 4) is 0 Å². The fourth-order valence-electron chi connectivity index (χ4n) is 2.40. The molecular formula is C10H18ClN3O2. The van der Waals surface area contributed by atoms with E-state index in [2.05, 4.69) is 10.5 Å². The van der Waals surface area contributed by atoms with Crippen molar-refractivity contribution in [3.05, 3.63) is 4.91 Å². The van der Waals surface area contributed by atoms with Gasteiger partial charge in [0.15, 0.2) is 0 Å². The summed E-state index contributed by atoms with van der Waals surface area (Å²) in [6, 6.07) is -0.649. The van der Waals surface area contributed by atoms with Crippen LogP contribution in [0.5, 0.6) is 0 Å². The van der Waals surface area contributed by atoms with Gasteiger partial charge in [0.25, 0.3) is 0 Å². The van der Waals surface area contributed by atoms with E-state index in [1.54, 1.807) is 0 Å². The summed E-state index contributed by atoms with van der Waals surface area (Å²) in [5, 5.41) is 5.83. The third-order valence-corrected chi connectivity index (χ3v) is 3.36. The van der Waals surface area contributed by atoms with Crippen LogP contribution in [-0.2, 0) is 0 Å². The predicted octanol–water partition coefficient (Wildman–Crippen LogP) is 1.98. The molecule has 92 valence electrons. The van der Waals surface area contributed by atoms with Crippen LogP contribution in [0, 0.1) is 10.8 Å². The van der Waals surface area contributed by atoms with Gasteiger partial charge in [0.2, 0.25) is 0 Å². The van der Waals surface area contributed by atoms with E-state index < -0.39 is 6.03 Å². The highest BCUT2D eigenvalue weighted by Crippen LogP contribution is 2.30. The van der Waals surface area contributed by atoms with Gasteiger partial charge in [-0.1, -0.05) is 11.6 Å². The van der Waals surface area contributed by atoms with Crippen LogP contribution in [0.15, 0.2) is 5.18 Å². The van der Waals surface area contributed by atoms with Crippen molar-refractivity contribution in [3.63, 3.8) is 0 Å². The molecule has 6 heteroatoms. The molecule has 0 radical (unpaired) electrons. The molecule has 0 heterocycles. The van der Waals surface area contributed by atoms with E-state index in [4.69, 9.17) is 17.3 Å². The zero-order chi connectivity index (χ0) is 12.0. The van der Waals surface area contributed by atoms with Gasteiger partial charge in [-0.25, -0.2) is 4.79 Å². The summed E-state index contributed by atoms with van der Waals surface area (Å²) in [7, 11) is 0. The Labute approximate surface area is 100 Å². The minimum atomic E-state index is -0.501. The number of nitrogens with zero attached hydrogens (tertiary/aromatic N) is 1. The average molecular weight is 248 g/mol. The van der Waals surface area contributed by atoms with Crippen molar-refractivity contribution in [1.29, 1.82) is 0 Å². The largest absolute Gasteiger partial charge is 0.352 e. The molecule has 3 unspecified atom stereocenters. The summed E-state index contributed by atoms with van der Waals surface area (Å²) in [5.74, 6) is 0.669. The zero-order valence-electron chi connectivity index (χ0n) is 9.19. The molecule has 1 fully saturated rings. The number of carbonyl (C=O) groups excluding carboxylic acids is 1. The predicted molar refractivity (Wildman–Crippen MR) is 63.4 cm³/mol. The molecular weight excluding hydrogens is 230 g/mol. The Morgan fingerprint density at radius 2 is 2.31 bits per heavy atom. The monoisotopic (exact) mass is 247 g/mol. The molecule has 0 aromatic rings. The molecule has 5 nitrogen and oxygen atoms in total. The summed E-state index contributed by atoms with van der Waals surface area (Å²) in [5.41, 5.74) is 5.08. The average Bonchev–Trinajstić information content (AvgIpc) is 2.25. The second kappa shape index (κ2) is 6.68. The third kappa shape index (κ3) is 3.96. The maximum absolute atomic E-state index is 10.7. The number of carbonyl (C=O) groups is 1. The van der Waals surface area contributed by atoms with Crippen molar-refractivity contribution in [2.75, 3.05) is 5.88 Å². The van der Waals surface area contributed by atoms with E-state index in [0.717, 1.165) is 25.7 Å². The smallest absolute Gasteiger partial charge is 0.312 e. The lowest BCUT2D eigenvalue weighted by Crippen LogP contribution is -2.42. The molecule has 3 N–H and O–H groups in total. The minimum Gasteiger partial charge on any atom is -0.352 e. The first-order valence-electron chi connectivity index (χ1n) is 5.61. The molecule has 0 aromatic carbocycles. The lowest BCUT2D eigenvalue weighted by molar-refractivity contribution is 0.224. The first-order chi connectivity index (χ1) is 7.67. The SMILES string of the molecule is NC(=O)NC1CCCC(C(CCCl)N=O)C1. The first kappa shape index (κ1) is 13.2. The van der Waals surface area contributed by atoms with Crippen molar-refractivity contribution in [2.45, 2.75) is 44.2 Å². The van der Waals surface area contributed by atoms with Gasteiger partial charge < -0.3 is 11.1 Å². The molecule has 1 aliphatic carbocycles. The lowest BCUT2D eigenvalue weighted by Gasteiger charge is -2.31. The number of amides is 2. The van der Waals surface area contributed by atoms with Gasteiger partial charge in [0.05, 0.1) is 6.04 Å². The van der Waals surface area contributed by atoms with Crippen molar-refractivity contribution in [2.24, 2.45) is 16.8 Å². The number of nitrogens with two attached hydrogens (primary N) is 1. The topological polar surface area (TPSA) is 84.6 Å². The molecule has 3 atom stereocenters. The Balaban J connectivity index is 2.47. The van der Waals surface area contributed by atoms with Crippen molar-refractivity contribution < 1.29 is 4.79 Å². The van der Waals surface area contributed by atoms with Crippen LogP contribution in [0.1, 0.15) is 32.1 Å². The molecule has 0 spiro atoms. The standard InChI is InChI=1S/C10H18ClN3O2/c11-5-4-9(14-16)7-2-1-3-8(6-7)13-10(12)15/h7-9H,1-6H2,(H3,12,13,15). The lowest BCUT2D eigenvalue weighted by atomic mass is 9.80. The van der Waals surface area contributed by atoms with Crippen LogP contribution in [0.25, 0.3) is 0 Å². The molecule has 0 saturated heterocycles. The van der Waals surface area contributed by atoms with E-state index in [1.807, 2.05) is 0 Å². The number of halogens is 1. The van der Waals surface area contributed by atoms with Crippen molar-refractivity contribution >= 4 is 17.6 Å². The Kier molecular flexibility index (Phi) is 5.52. The van der Waals surface area contributed by atoms with Crippen LogP contribution in [0.4, 0.5) is 4.79 Å². The van der Waals surface area contributed by atoms with Gasteiger partial charge in [-0.2, -0.15) is 4.91 Å². The normalized spacial score (nSPS) is 27.1. The Hall–Kier alpha value is -0.840. The summed E-state index contributed by atoms with van der Waals surface area (Å²) in [6.45, 7) is 0. The maximum atomic E-state index is 10.7. The number of alkyl halides is 1. The van der Waals surface area contributed by atoms with Crippen LogP contribution < -0.4 is 11.1 Å². The number of urea groups is 1. The number of hydrogen-bond donors (Lipinski definition) is 2. The van der Waals surface area contributed by atoms with Gasteiger partial charge in [-0.05, 0) is 31.6 Å². The number of hydrogen-bond acceptors (Lipinski definition) is 3. The summed E-state index contributed by atoms with van der Waals surface area (Å²) < 4.78 is 0. The highest BCUT2D eigenvalue weighted by molar-refractivity contribution is 6.17. The van der Waals surface area contributed by atoms with Crippen molar-refractivity contribution in [1.82, 2.24) is 5.32 Å². The Morgan fingerprint density at radius 1 is 1.56 bits per heavy atom. The highest BCUT2D eigenvalue weighted by Gasteiger charge is 2.29. The quantitative estimate of drug-likeness (QED) is 0.575. The van der Waals surface area contributed by atoms with Crippen LogP contribution in [0.2, 0.25) is 0 Å². The molecule has 0 aromatic heterocycles. The molecule has 1 rings (SSSR count). The van der Waals surface area contributed by atoms with E-state index in [0.29, 0.717) is 12.3 Å². The number of primary amides is 1. The van der Waals surface area contributed by atoms with E-state index in [1.165, 1.54) is 0 Å². The molecule has 0 aliphatic heterocycles. The van der Waals surface area contributed by atoms with Gasteiger partial charge in [0.1, 0.15) is 0 Å². The highest BCUT2D eigenvalue weighted by atomic mass is 35.5. The summed E-state index contributed by atoms with van der Waals surface area (Å²) in [4.78, 5) is 21.4. The number of nitroso groups, excluding NO2 is 1. The van der Waals surface area contributed by atoms with E-state index >= 15 is 0 Å². The fourth-order valence-corrected chi connectivity index (χ4v) is 2.62. The van der Waals surface area contributed by atoms with Crippen LogP contribution in [0.3, 0.4) is 0 Å². The van der Waals surface area contributed by atoms with Gasteiger partial charge >= 0.3 is 6.03 Å². The molecule has 2 amide bonds. The molecule has 0 bridgehead atoms. The van der Waals surface area contributed by atoms with Gasteiger partial charge in [-0.15, -0.1) is 11.6 Å². The Morgan fingerprint density at radius 3 is 2.88 bits per heavy atom. The first-order valence-corrected chi connectivity index (χ1v) is 6.15. The third-order valence-electron chi connectivity index (χ3n) is 3.15. The van der Waals surface area contributed by atoms with Gasteiger partial charge in [-0.3, -0.25) is 0 Å². The Bertz CT molecular complexity index is 250. The minimum absolute atomic E-state index is 0.0795. The second-order valence-corrected chi connectivity index (χ2v) is 4.66. The molecule has 1 saturated carbocycles. The number of rotatable bonds is 5. The maximum Gasteiger partial charge on any atom is 0.312 e. The van der Waals surface area contributed by atoms with Crippen LogP contribution >= 0.6 is 11.6 Å². The number of nitrogens with one attached hydrogen (secondary N) is 1. The van der Waals surface area contributed by atoms with E-state index in [9.17, 15) is 9.70 Å². The fraction of sp³-hybridized carbons (Fsp3) is 0.900. The van der Waals surface area contributed by atoms with Gasteiger partial charge in [0, 0.05) is 11.9 Å². The van der Waals surface area contributed by atoms with Crippen LogP contribution in [-0.4, -0.2) is 24.0 Å². The zero-order valence-corrected chi connectivity index (χ0v) is 9.95. The second-order valence-electron chi connectivity index (χ2n) is 4.28. The molecule has 16 heavy (non-hydrogen) atoms. The molecule has 1 aliphatic rings. The summed E-state index contributed by atoms with van der Waals surface area (Å²) >= 11 is 5.63.